The Hall–Kier alpha value is -1.85. The van der Waals surface area contributed by atoms with E-state index in [4.69, 9.17) is 5.26 Å². The number of aromatic nitrogens is 2. The molecule has 1 aliphatic carbocycles. The molecular formula is C14H13BrN4O2S. The molecule has 1 aliphatic rings. The van der Waals surface area contributed by atoms with Crippen molar-refractivity contribution in [2.75, 3.05) is 4.72 Å². The van der Waals surface area contributed by atoms with Crippen LogP contribution in [0.25, 0.3) is 0 Å². The second-order valence-electron chi connectivity index (χ2n) is 5.21. The number of benzene rings is 1. The summed E-state index contributed by atoms with van der Waals surface area (Å²) >= 11 is 3.28. The maximum atomic E-state index is 12.7. The Labute approximate surface area is 136 Å². The molecule has 3 rings (SSSR count). The topological polar surface area (TPSA) is 87.8 Å². The van der Waals surface area contributed by atoms with Crippen molar-refractivity contribution in [2.45, 2.75) is 23.8 Å². The molecule has 22 heavy (non-hydrogen) atoms. The molecule has 0 aliphatic heterocycles. The Morgan fingerprint density at radius 2 is 2.18 bits per heavy atom. The minimum atomic E-state index is -3.81. The molecule has 0 saturated heterocycles. The van der Waals surface area contributed by atoms with Crippen LogP contribution in [0.5, 0.6) is 0 Å². The van der Waals surface area contributed by atoms with E-state index in [9.17, 15) is 8.42 Å². The quantitative estimate of drug-likeness (QED) is 0.882. The van der Waals surface area contributed by atoms with E-state index in [2.05, 4.69) is 25.8 Å². The van der Waals surface area contributed by atoms with Gasteiger partial charge in [-0.15, -0.1) is 0 Å². The Bertz CT molecular complexity index is 879. The fraction of sp³-hybridized carbons (Fsp3) is 0.286. The van der Waals surface area contributed by atoms with E-state index in [-0.39, 0.29) is 22.2 Å². The van der Waals surface area contributed by atoms with Crippen LogP contribution in [0.1, 0.15) is 29.9 Å². The minimum absolute atomic E-state index is 0.166. The van der Waals surface area contributed by atoms with Crippen LogP contribution in [-0.2, 0) is 17.1 Å². The third-order valence-corrected chi connectivity index (χ3v) is 5.52. The number of nitrogens with one attached hydrogen (secondary N) is 1. The molecule has 0 atom stereocenters. The first-order valence-electron chi connectivity index (χ1n) is 6.67. The van der Waals surface area contributed by atoms with Crippen molar-refractivity contribution in [3.63, 3.8) is 0 Å². The zero-order chi connectivity index (χ0) is 15.9. The lowest BCUT2D eigenvalue weighted by Gasteiger charge is -2.11. The van der Waals surface area contributed by atoms with Crippen LogP contribution < -0.4 is 4.72 Å². The van der Waals surface area contributed by atoms with Gasteiger partial charge in [0.1, 0.15) is 6.07 Å². The van der Waals surface area contributed by atoms with Crippen molar-refractivity contribution in [1.29, 1.82) is 5.26 Å². The van der Waals surface area contributed by atoms with Gasteiger partial charge in [-0.3, -0.25) is 9.40 Å². The summed E-state index contributed by atoms with van der Waals surface area (Å²) < 4.78 is 30.0. The number of rotatable bonds is 4. The van der Waals surface area contributed by atoms with Crippen molar-refractivity contribution in [2.24, 2.45) is 7.05 Å². The molecule has 1 aromatic carbocycles. The first-order chi connectivity index (χ1) is 10.4. The van der Waals surface area contributed by atoms with E-state index in [1.165, 1.54) is 4.68 Å². The maximum absolute atomic E-state index is 12.7. The lowest BCUT2D eigenvalue weighted by molar-refractivity contribution is 0.579. The predicted octanol–water partition coefficient (Wildman–Crippen LogP) is 2.73. The van der Waals surface area contributed by atoms with Gasteiger partial charge in [0.2, 0.25) is 0 Å². The highest BCUT2D eigenvalue weighted by Crippen LogP contribution is 2.43. The van der Waals surface area contributed by atoms with Gasteiger partial charge in [-0.1, -0.05) is 15.9 Å². The van der Waals surface area contributed by atoms with Crippen LogP contribution in [0, 0.1) is 11.3 Å². The highest BCUT2D eigenvalue weighted by atomic mass is 79.9. The maximum Gasteiger partial charge on any atom is 0.279 e. The average molecular weight is 381 g/mol. The SMILES string of the molecule is Cn1ncc(C2CC2)c1S(=O)(=O)Nc1cc(Br)ccc1C#N. The van der Waals surface area contributed by atoms with Crippen molar-refractivity contribution in [3.05, 3.63) is 40.0 Å². The van der Waals surface area contributed by atoms with Gasteiger partial charge < -0.3 is 0 Å². The fourth-order valence-electron chi connectivity index (χ4n) is 2.34. The summed E-state index contributed by atoms with van der Waals surface area (Å²) in [6.07, 6.45) is 3.57. The van der Waals surface area contributed by atoms with Crippen LogP contribution in [0.15, 0.2) is 33.9 Å². The number of aryl methyl sites for hydroxylation is 1. The molecule has 0 amide bonds. The highest BCUT2D eigenvalue weighted by Gasteiger charge is 2.33. The minimum Gasteiger partial charge on any atom is -0.277 e. The zero-order valence-electron chi connectivity index (χ0n) is 11.7. The standard InChI is InChI=1S/C14H13BrN4O2S/c1-19-14(12(8-17-19)9-2-3-9)22(20,21)18-13-6-11(15)5-4-10(13)7-16/h4-6,8-9,18H,2-3H2,1H3. The molecule has 1 fully saturated rings. The van der Waals surface area contributed by atoms with Crippen LogP contribution in [0.4, 0.5) is 5.69 Å². The van der Waals surface area contributed by atoms with E-state index < -0.39 is 10.0 Å². The van der Waals surface area contributed by atoms with Crippen molar-refractivity contribution in [3.8, 4) is 6.07 Å². The third kappa shape index (κ3) is 2.74. The van der Waals surface area contributed by atoms with E-state index in [0.717, 1.165) is 18.4 Å². The second kappa shape index (κ2) is 5.41. The lowest BCUT2D eigenvalue weighted by atomic mass is 10.2. The summed E-state index contributed by atoms with van der Waals surface area (Å²) in [6, 6.07) is 6.81. The average Bonchev–Trinajstić information content (AvgIpc) is 3.21. The number of hydrogen-bond acceptors (Lipinski definition) is 4. The first kappa shape index (κ1) is 15.1. The van der Waals surface area contributed by atoms with E-state index in [0.29, 0.717) is 4.47 Å². The van der Waals surface area contributed by atoms with Crippen molar-refractivity contribution in [1.82, 2.24) is 9.78 Å². The number of anilines is 1. The summed E-state index contributed by atoms with van der Waals surface area (Å²) in [5.41, 5.74) is 1.25. The Morgan fingerprint density at radius 3 is 2.82 bits per heavy atom. The third-order valence-electron chi connectivity index (χ3n) is 3.53. The van der Waals surface area contributed by atoms with Gasteiger partial charge in [-0.2, -0.15) is 18.8 Å². The molecule has 6 nitrogen and oxygen atoms in total. The molecule has 2 aromatic rings. The van der Waals surface area contributed by atoms with Gasteiger partial charge in [0.05, 0.1) is 17.4 Å². The van der Waals surface area contributed by atoms with E-state index >= 15 is 0 Å². The van der Waals surface area contributed by atoms with Gasteiger partial charge in [-0.25, -0.2) is 0 Å². The largest absolute Gasteiger partial charge is 0.279 e. The Morgan fingerprint density at radius 1 is 1.45 bits per heavy atom. The van der Waals surface area contributed by atoms with Crippen molar-refractivity contribution >= 4 is 31.6 Å². The molecule has 0 bridgehead atoms. The van der Waals surface area contributed by atoms with Crippen LogP contribution in [0.3, 0.4) is 0 Å². The molecule has 1 heterocycles. The number of hydrogen-bond donors (Lipinski definition) is 1. The molecule has 1 N–H and O–H groups in total. The molecule has 8 heteroatoms. The van der Waals surface area contributed by atoms with Gasteiger partial charge in [0, 0.05) is 17.1 Å². The monoisotopic (exact) mass is 380 g/mol. The molecule has 1 aromatic heterocycles. The normalized spacial score (nSPS) is 14.6. The number of nitrogens with zero attached hydrogens (tertiary/aromatic N) is 3. The molecule has 0 unspecified atom stereocenters. The molecule has 0 radical (unpaired) electrons. The summed E-state index contributed by atoms with van der Waals surface area (Å²) in [4.78, 5) is 0. The first-order valence-corrected chi connectivity index (χ1v) is 8.94. The summed E-state index contributed by atoms with van der Waals surface area (Å²) in [7, 11) is -2.20. The summed E-state index contributed by atoms with van der Waals surface area (Å²) in [6.45, 7) is 0. The smallest absolute Gasteiger partial charge is 0.277 e. The van der Waals surface area contributed by atoms with Gasteiger partial charge in [-0.05, 0) is 37.0 Å². The van der Waals surface area contributed by atoms with Crippen LogP contribution >= 0.6 is 15.9 Å². The van der Waals surface area contributed by atoms with Crippen LogP contribution in [0.2, 0.25) is 0 Å². The van der Waals surface area contributed by atoms with Gasteiger partial charge >= 0.3 is 0 Å². The number of nitriles is 1. The molecular weight excluding hydrogens is 368 g/mol. The van der Waals surface area contributed by atoms with Crippen LogP contribution in [-0.4, -0.2) is 18.2 Å². The molecule has 114 valence electrons. The van der Waals surface area contributed by atoms with Gasteiger partial charge in [0.15, 0.2) is 5.03 Å². The highest BCUT2D eigenvalue weighted by molar-refractivity contribution is 9.10. The lowest BCUT2D eigenvalue weighted by Crippen LogP contribution is -2.18. The Balaban J connectivity index is 2.04. The second-order valence-corrected chi connectivity index (χ2v) is 7.72. The summed E-state index contributed by atoms with van der Waals surface area (Å²) in [5.74, 6) is 0.262. The van der Waals surface area contributed by atoms with E-state index in [1.807, 2.05) is 6.07 Å². The molecule has 0 spiro atoms. The Kier molecular flexibility index (Phi) is 3.70. The number of halogens is 1. The fourth-order valence-corrected chi connectivity index (χ4v) is 4.18. The van der Waals surface area contributed by atoms with Gasteiger partial charge in [0.25, 0.3) is 10.0 Å². The van der Waals surface area contributed by atoms with Crippen molar-refractivity contribution < 1.29 is 8.42 Å². The molecule has 1 saturated carbocycles. The predicted molar refractivity (Wildman–Crippen MR) is 84.8 cm³/mol. The van der Waals surface area contributed by atoms with E-state index in [1.54, 1.807) is 31.4 Å². The number of sulfonamides is 1. The zero-order valence-corrected chi connectivity index (χ0v) is 14.1. The summed E-state index contributed by atoms with van der Waals surface area (Å²) in [5, 5.41) is 13.4.